The van der Waals surface area contributed by atoms with Gasteiger partial charge in [0.05, 0.1) is 19.6 Å². The van der Waals surface area contributed by atoms with Crippen LogP contribution in [-0.4, -0.2) is 222 Å². The van der Waals surface area contributed by atoms with Gasteiger partial charge in [0.1, 0.15) is 0 Å². The first kappa shape index (κ1) is 89.0. The molecule has 0 atom stereocenters. The summed E-state index contributed by atoms with van der Waals surface area (Å²) in [4.78, 5) is 116. The second kappa shape index (κ2) is 44.2. The number of rotatable bonds is 48. The topological polar surface area (TPSA) is 364 Å². The van der Waals surface area contributed by atoms with Gasteiger partial charge in [-0.15, -0.1) is 19.7 Å². The summed E-state index contributed by atoms with van der Waals surface area (Å²) < 4.78 is 106. The van der Waals surface area contributed by atoms with E-state index in [9.17, 15) is 43.2 Å². The van der Waals surface area contributed by atoms with Gasteiger partial charge >= 0.3 is 104 Å². The molecule has 0 aromatic carbocycles. The standard InChI is InChI=1S/C21H45N3O12Si3.C18H35N3O9Si2.C15H25N3O6Si/c1-28-37(29-2,30-3)16-10-13-22-19(25)23(14-11-17-38(31-4,32-5)33-6)21(27)24(20(22)26)15-12-18-39(34-7,35-8)36-9;1-8-11-19-16(22)20(12-9-14-31(25-2,26-3)27-4)18(24)21(17(19)23)13-10-15-32(28-5,29-6)30-7;1-6-9-16-13(19)17(10-7-2)15(21)18(14(16)20)11-8-12-25(22-3,23-4)24-5/h10-18H2,1-9H3;8H,1,9-15H2,2-7H3;6-7H,1-2,8-12H2,3-5H3. The molecule has 0 saturated carbocycles. The first-order chi connectivity index (χ1) is 45.7. The van der Waals surface area contributed by atoms with Crippen LogP contribution in [0, 0.1) is 0 Å². The normalized spacial score (nSPS) is 12.3. The molecule has 0 unspecified atom stereocenters. The lowest BCUT2D eigenvalue weighted by Crippen LogP contribution is -2.55. The second-order valence-corrected chi connectivity index (χ2v) is 39.1. The number of hydrogen-bond acceptors (Lipinski definition) is 27. The molecular formula is C54H105N9O27Si6. The molecule has 0 saturated heterocycles. The van der Waals surface area contributed by atoms with Crippen LogP contribution in [0.25, 0.3) is 0 Å². The highest BCUT2D eigenvalue weighted by molar-refractivity contribution is 6.62. The number of hydrogen-bond donors (Lipinski definition) is 0. The second-order valence-electron chi connectivity index (χ2n) is 20.5. The summed E-state index contributed by atoms with van der Waals surface area (Å²) in [6, 6.07) is 2.32. The number of nitrogens with zero attached hydrogens (tertiary/aromatic N) is 9. The molecule has 0 aliphatic carbocycles. The smallest absolute Gasteiger partial charge is 0.377 e. The molecule has 0 aliphatic heterocycles. The lowest BCUT2D eigenvalue weighted by Gasteiger charge is -2.25. The summed E-state index contributed by atoms with van der Waals surface area (Å²) in [5, 5.41) is 0. The molecule has 3 rings (SSSR count). The van der Waals surface area contributed by atoms with Crippen LogP contribution in [-0.2, 0) is 139 Å². The summed E-state index contributed by atoms with van der Waals surface area (Å²) in [5.41, 5.74) is -6.18. The van der Waals surface area contributed by atoms with Crippen molar-refractivity contribution in [2.45, 2.75) is 134 Å². The molecule has 0 aliphatic rings. The number of aromatic nitrogens is 9. The van der Waals surface area contributed by atoms with Gasteiger partial charge in [-0.2, -0.15) is 0 Å². The molecule has 3 aromatic heterocycles. The zero-order chi connectivity index (χ0) is 73.1. The Labute approximate surface area is 565 Å². The highest BCUT2D eigenvalue weighted by Crippen LogP contribution is 2.20. The Kier molecular flexibility index (Phi) is 41.0. The van der Waals surface area contributed by atoms with E-state index in [1.165, 1.54) is 146 Å². The van der Waals surface area contributed by atoms with Crippen LogP contribution in [0.3, 0.4) is 0 Å². The minimum absolute atomic E-state index is 0.0159. The van der Waals surface area contributed by atoms with Crippen molar-refractivity contribution in [3.8, 4) is 0 Å². The van der Waals surface area contributed by atoms with Crippen LogP contribution in [0.4, 0.5) is 0 Å². The Balaban J connectivity index is 0.000000737. The van der Waals surface area contributed by atoms with Gasteiger partial charge in [-0.05, 0) is 38.5 Å². The minimum Gasteiger partial charge on any atom is -0.377 e. The SMILES string of the molecule is C=CCn1c(=O)n(CC=C)c(=O)n(CCC[Si](OC)(OC)OC)c1=O.C=CCn1c(=O)n(CCC[Si](OC)(OC)OC)c(=O)n(CCC[Si](OC)(OC)OC)c1=O.CO[Si](CCCn1c(=O)n(CCC[Si](OC)(OC)OC)c(=O)n(CCC[Si](OC)(OC)OC)c1=O)(OC)OC. The highest BCUT2D eigenvalue weighted by Gasteiger charge is 2.42. The molecule has 552 valence electrons. The molecule has 0 radical (unpaired) electrons. The van der Waals surface area contributed by atoms with Gasteiger partial charge in [-0.3, -0.25) is 0 Å². The maximum atomic E-state index is 13.4. The van der Waals surface area contributed by atoms with Crippen molar-refractivity contribution in [2.75, 3.05) is 128 Å². The maximum Gasteiger partial charge on any atom is 0.500 e. The fourth-order valence-corrected chi connectivity index (χ4v) is 20.3. The van der Waals surface area contributed by atoms with Crippen LogP contribution in [0.5, 0.6) is 0 Å². The zero-order valence-electron chi connectivity index (χ0n) is 59.3. The van der Waals surface area contributed by atoms with Gasteiger partial charge in [0.2, 0.25) is 0 Å². The fraction of sp³-hybridized carbons (Fsp3) is 0.722. The van der Waals surface area contributed by atoms with Crippen LogP contribution in [0.15, 0.2) is 81.1 Å². The Morgan fingerprint density at radius 2 is 0.323 bits per heavy atom. The average molecular weight is 1480 g/mol. The molecule has 3 aromatic rings. The van der Waals surface area contributed by atoms with Crippen LogP contribution >= 0.6 is 0 Å². The first-order valence-electron chi connectivity index (χ1n) is 30.3. The third-order valence-corrected chi connectivity index (χ3v) is 32.9. The zero-order valence-corrected chi connectivity index (χ0v) is 65.3. The van der Waals surface area contributed by atoms with Crippen molar-refractivity contribution in [3.05, 3.63) is 132 Å². The molecule has 0 bridgehead atoms. The van der Waals surface area contributed by atoms with E-state index in [0.29, 0.717) is 74.8 Å². The Morgan fingerprint density at radius 1 is 0.219 bits per heavy atom. The monoisotopic (exact) mass is 1480 g/mol. The van der Waals surface area contributed by atoms with Crippen molar-refractivity contribution >= 4 is 52.8 Å². The molecule has 3 heterocycles. The summed E-state index contributed by atoms with van der Waals surface area (Å²) in [5.74, 6) is 0. The van der Waals surface area contributed by atoms with E-state index in [1.54, 1.807) is 0 Å². The summed E-state index contributed by atoms with van der Waals surface area (Å²) in [6.45, 7) is 11.1. The Hall–Kier alpha value is -4.97. The molecule has 96 heavy (non-hydrogen) atoms. The summed E-state index contributed by atoms with van der Waals surface area (Å²) >= 11 is 0. The van der Waals surface area contributed by atoms with Gasteiger partial charge in [0.15, 0.2) is 0 Å². The molecule has 0 amide bonds. The molecular weight excluding hydrogens is 1380 g/mol. The lowest BCUT2D eigenvalue weighted by molar-refractivity contribution is 0.121. The predicted molar refractivity (Wildman–Crippen MR) is 365 cm³/mol. The van der Waals surface area contributed by atoms with Crippen LogP contribution < -0.4 is 51.2 Å². The highest BCUT2D eigenvalue weighted by atomic mass is 28.4. The van der Waals surface area contributed by atoms with Crippen molar-refractivity contribution in [2.24, 2.45) is 0 Å². The average Bonchev–Trinajstić information content (AvgIpc) is 0.798. The minimum atomic E-state index is -2.92. The molecule has 36 nitrogen and oxygen atoms in total. The molecule has 0 N–H and O–H groups in total. The van der Waals surface area contributed by atoms with Gasteiger partial charge in [-0.25, -0.2) is 84.3 Å². The van der Waals surface area contributed by atoms with E-state index >= 15 is 0 Å². The van der Waals surface area contributed by atoms with Gasteiger partial charge in [-0.1, -0.05) is 18.2 Å². The van der Waals surface area contributed by atoms with Crippen molar-refractivity contribution < 1.29 is 79.7 Å². The lowest BCUT2D eigenvalue weighted by atomic mass is 10.4. The van der Waals surface area contributed by atoms with Crippen molar-refractivity contribution in [1.29, 1.82) is 0 Å². The Morgan fingerprint density at radius 3 is 0.427 bits per heavy atom. The van der Waals surface area contributed by atoms with Crippen molar-refractivity contribution in [1.82, 2.24) is 41.1 Å². The van der Waals surface area contributed by atoms with E-state index < -0.39 is 104 Å². The molecule has 0 fully saturated rings. The number of allylic oxidation sites excluding steroid dienone is 3. The van der Waals surface area contributed by atoms with Crippen molar-refractivity contribution in [3.63, 3.8) is 0 Å². The molecule has 42 heteroatoms. The summed E-state index contributed by atoms with van der Waals surface area (Å²) in [6.07, 6.45) is 6.53. The van der Waals surface area contributed by atoms with E-state index in [1.807, 2.05) is 0 Å². The quantitative estimate of drug-likeness (QED) is 0.0516. The van der Waals surface area contributed by atoms with Gasteiger partial charge in [0.25, 0.3) is 0 Å². The third-order valence-electron chi connectivity index (χ3n) is 15.9. The Bertz CT molecular complexity index is 3090. The third kappa shape index (κ3) is 23.3. The van der Waals surface area contributed by atoms with E-state index in [2.05, 4.69) is 19.7 Å². The maximum absolute atomic E-state index is 13.4. The summed E-state index contributed by atoms with van der Waals surface area (Å²) in [7, 11) is 9.57. The van der Waals surface area contributed by atoms with E-state index in [-0.39, 0.29) is 58.9 Å². The van der Waals surface area contributed by atoms with E-state index in [0.717, 1.165) is 41.1 Å². The van der Waals surface area contributed by atoms with Crippen LogP contribution in [0.2, 0.25) is 36.3 Å². The van der Waals surface area contributed by atoms with E-state index in [4.69, 9.17) is 79.7 Å². The van der Waals surface area contributed by atoms with Gasteiger partial charge in [0, 0.05) is 204 Å². The molecule has 0 spiro atoms. The fourth-order valence-electron chi connectivity index (χ4n) is 10.1. The predicted octanol–water partition coefficient (Wildman–Crippen LogP) is -0.318. The largest absolute Gasteiger partial charge is 0.500 e. The first-order valence-corrected chi connectivity index (χ1v) is 41.9. The van der Waals surface area contributed by atoms with Crippen LogP contribution in [0.1, 0.15) is 38.5 Å². The van der Waals surface area contributed by atoms with Gasteiger partial charge < -0.3 is 79.7 Å².